The molecule has 2 heterocycles. The van der Waals surface area contributed by atoms with Gasteiger partial charge in [0.2, 0.25) is 0 Å². The van der Waals surface area contributed by atoms with Gasteiger partial charge < -0.3 is 9.47 Å². The Balaban J connectivity index is 1.82. The number of alkyl halides is 1. The van der Waals surface area contributed by atoms with E-state index in [0.29, 0.717) is 12.5 Å². The fraction of sp³-hybridized carbons (Fsp3) is 0.889. The van der Waals surface area contributed by atoms with E-state index in [1.165, 1.54) is 6.92 Å². The van der Waals surface area contributed by atoms with Gasteiger partial charge in [0.25, 0.3) is 0 Å². The molecule has 2 bridgehead atoms. The molecule has 13 heavy (non-hydrogen) atoms. The maximum atomic E-state index is 10.6. The molecule has 1 unspecified atom stereocenters. The maximum absolute atomic E-state index is 10.6. The minimum atomic E-state index is -0.212. The van der Waals surface area contributed by atoms with Crippen molar-refractivity contribution in [1.29, 1.82) is 0 Å². The van der Waals surface area contributed by atoms with Gasteiger partial charge in [-0.1, -0.05) is 22.6 Å². The number of rotatable bonds is 3. The van der Waals surface area contributed by atoms with E-state index in [4.69, 9.17) is 9.47 Å². The normalized spacial score (nSPS) is 41.4. The molecular weight excluding hydrogens is 283 g/mol. The van der Waals surface area contributed by atoms with Gasteiger partial charge in [-0.15, -0.1) is 0 Å². The number of hydrogen-bond donors (Lipinski definition) is 0. The van der Waals surface area contributed by atoms with Crippen molar-refractivity contribution in [1.82, 2.24) is 0 Å². The van der Waals surface area contributed by atoms with Crippen LogP contribution in [-0.2, 0) is 14.3 Å². The number of carbonyl (C=O) groups is 1. The van der Waals surface area contributed by atoms with Crippen LogP contribution in [-0.4, -0.2) is 28.7 Å². The van der Waals surface area contributed by atoms with E-state index in [9.17, 15) is 4.79 Å². The Morgan fingerprint density at radius 2 is 2.38 bits per heavy atom. The van der Waals surface area contributed by atoms with Crippen LogP contribution < -0.4 is 0 Å². The molecule has 0 aromatic heterocycles. The van der Waals surface area contributed by atoms with Gasteiger partial charge in [-0.05, 0) is 18.8 Å². The lowest BCUT2D eigenvalue weighted by atomic mass is 9.74. The quantitative estimate of drug-likeness (QED) is 0.450. The van der Waals surface area contributed by atoms with Crippen molar-refractivity contribution in [2.75, 3.05) is 11.0 Å². The van der Waals surface area contributed by atoms with Gasteiger partial charge in [0.15, 0.2) is 0 Å². The standard InChI is InChI=1S/C9H13IO3/c1-6(11)12-4-8-7-2-9(3-7,5-10)13-8/h7-8H,2-5H2,1H3. The topological polar surface area (TPSA) is 35.5 Å². The Bertz CT molecular complexity index is 223. The molecule has 2 aliphatic heterocycles. The van der Waals surface area contributed by atoms with Crippen LogP contribution in [0.15, 0.2) is 0 Å². The van der Waals surface area contributed by atoms with Crippen molar-refractivity contribution in [3.8, 4) is 0 Å². The van der Waals surface area contributed by atoms with E-state index in [1.54, 1.807) is 0 Å². The zero-order chi connectivity index (χ0) is 9.47. The average molecular weight is 296 g/mol. The summed E-state index contributed by atoms with van der Waals surface area (Å²) < 4.78 is 11.8. The van der Waals surface area contributed by atoms with Crippen LogP contribution in [0.5, 0.6) is 0 Å². The van der Waals surface area contributed by atoms with Crippen molar-refractivity contribution in [2.24, 2.45) is 5.92 Å². The lowest BCUT2D eigenvalue weighted by molar-refractivity contribution is -0.144. The minimum absolute atomic E-state index is 0.135. The molecule has 3 nitrogen and oxygen atoms in total. The van der Waals surface area contributed by atoms with Gasteiger partial charge in [0.05, 0.1) is 11.7 Å². The highest BCUT2D eigenvalue weighted by atomic mass is 127. The summed E-state index contributed by atoms with van der Waals surface area (Å²) in [5.41, 5.74) is 0.135. The van der Waals surface area contributed by atoms with Crippen LogP contribution in [0, 0.1) is 5.92 Å². The maximum Gasteiger partial charge on any atom is 0.302 e. The molecule has 3 rings (SSSR count). The molecule has 0 aromatic carbocycles. The number of halogens is 1. The summed E-state index contributed by atoms with van der Waals surface area (Å²) in [5, 5.41) is 0. The van der Waals surface area contributed by atoms with Crippen LogP contribution in [0.25, 0.3) is 0 Å². The highest BCUT2D eigenvalue weighted by Crippen LogP contribution is 2.53. The second-order valence-corrected chi connectivity index (χ2v) is 4.71. The molecular formula is C9H13IO3. The first-order valence-corrected chi connectivity index (χ1v) is 6.05. The second kappa shape index (κ2) is 3.38. The molecule has 74 valence electrons. The second-order valence-electron chi connectivity index (χ2n) is 3.94. The highest BCUT2D eigenvalue weighted by molar-refractivity contribution is 14.1. The first-order valence-electron chi connectivity index (χ1n) is 4.52. The summed E-state index contributed by atoms with van der Waals surface area (Å²) in [6.45, 7) is 1.88. The number of hydrogen-bond acceptors (Lipinski definition) is 3. The fourth-order valence-corrected chi connectivity index (χ4v) is 2.99. The monoisotopic (exact) mass is 296 g/mol. The lowest BCUT2D eigenvalue weighted by Crippen LogP contribution is -2.37. The van der Waals surface area contributed by atoms with E-state index in [-0.39, 0.29) is 17.7 Å². The van der Waals surface area contributed by atoms with Gasteiger partial charge in [-0.25, -0.2) is 0 Å². The third kappa shape index (κ3) is 1.70. The first-order chi connectivity index (χ1) is 6.15. The van der Waals surface area contributed by atoms with Gasteiger partial charge in [-0.2, -0.15) is 0 Å². The molecule has 0 N–H and O–H groups in total. The van der Waals surface area contributed by atoms with Gasteiger partial charge in [0.1, 0.15) is 6.61 Å². The van der Waals surface area contributed by atoms with Crippen molar-refractivity contribution in [3.05, 3.63) is 0 Å². The Hall–Kier alpha value is 0.160. The Kier molecular flexibility index (Phi) is 2.53. The largest absolute Gasteiger partial charge is 0.463 e. The first kappa shape index (κ1) is 9.71. The molecule has 1 saturated carbocycles. The Labute approximate surface area is 91.3 Å². The zero-order valence-electron chi connectivity index (χ0n) is 7.59. The summed E-state index contributed by atoms with van der Waals surface area (Å²) in [6, 6.07) is 0. The summed E-state index contributed by atoms with van der Waals surface area (Å²) in [4.78, 5) is 10.6. The SMILES string of the molecule is CC(=O)OCC1OC2(CI)CC1C2. The Morgan fingerprint density at radius 1 is 1.69 bits per heavy atom. The van der Waals surface area contributed by atoms with Gasteiger partial charge in [-0.3, -0.25) is 4.79 Å². The highest BCUT2D eigenvalue weighted by Gasteiger charge is 2.56. The molecule has 2 saturated heterocycles. The van der Waals surface area contributed by atoms with Gasteiger partial charge in [0, 0.05) is 11.4 Å². The average Bonchev–Trinajstić information content (AvgIpc) is 2.53. The van der Waals surface area contributed by atoms with Gasteiger partial charge >= 0.3 is 5.97 Å². The molecule has 1 atom stereocenters. The summed E-state index contributed by atoms with van der Waals surface area (Å²) >= 11 is 2.36. The number of fused-ring (bicyclic) bond motifs is 1. The summed E-state index contributed by atoms with van der Waals surface area (Å²) in [7, 11) is 0. The Morgan fingerprint density at radius 3 is 2.85 bits per heavy atom. The van der Waals surface area contributed by atoms with Crippen molar-refractivity contribution in [2.45, 2.75) is 31.5 Å². The van der Waals surface area contributed by atoms with Crippen molar-refractivity contribution in [3.63, 3.8) is 0 Å². The number of esters is 1. The van der Waals surface area contributed by atoms with Crippen molar-refractivity contribution < 1.29 is 14.3 Å². The molecule has 0 amide bonds. The molecule has 3 fully saturated rings. The summed E-state index contributed by atoms with van der Waals surface area (Å²) in [5.74, 6) is 0.422. The lowest BCUT2D eigenvalue weighted by Gasteiger charge is -2.33. The molecule has 0 aromatic rings. The van der Waals surface area contributed by atoms with Crippen LogP contribution >= 0.6 is 22.6 Å². The smallest absolute Gasteiger partial charge is 0.302 e. The molecule has 0 radical (unpaired) electrons. The van der Waals surface area contributed by atoms with Crippen LogP contribution in [0.4, 0.5) is 0 Å². The van der Waals surface area contributed by atoms with Crippen LogP contribution in [0.3, 0.4) is 0 Å². The van der Waals surface area contributed by atoms with Crippen molar-refractivity contribution >= 4 is 28.6 Å². The molecule has 4 heteroatoms. The fourth-order valence-electron chi connectivity index (χ4n) is 2.18. The summed E-state index contributed by atoms with van der Waals surface area (Å²) in [6.07, 6.45) is 2.47. The van der Waals surface area contributed by atoms with Crippen LogP contribution in [0.1, 0.15) is 19.8 Å². The molecule has 3 aliphatic rings. The third-order valence-corrected chi connectivity index (χ3v) is 4.28. The van der Waals surface area contributed by atoms with Crippen LogP contribution in [0.2, 0.25) is 0 Å². The molecule has 0 spiro atoms. The minimum Gasteiger partial charge on any atom is -0.463 e. The van der Waals surface area contributed by atoms with E-state index >= 15 is 0 Å². The predicted octanol–water partition coefficient (Wildman–Crippen LogP) is 1.53. The molecule has 1 aliphatic carbocycles. The van der Waals surface area contributed by atoms with E-state index in [0.717, 1.165) is 17.3 Å². The third-order valence-electron chi connectivity index (χ3n) is 2.89. The van der Waals surface area contributed by atoms with E-state index < -0.39 is 0 Å². The van der Waals surface area contributed by atoms with E-state index in [1.807, 2.05) is 0 Å². The predicted molar refractivity (Wildman–Crippen MR) is 55.8 cm³/mol. The van der Waals surface area contributed by atoms with E-state index in [2.05, 4.69) is 22.6 Å². The zero-order valence-corrected chi connectivity index (χ0v) is 9.74. The number of ether oxygens (including phenoxy) is 2. The number of carbonyl (C=O) groups excluding carboxylic acids is 1.